The standard InChI is InChI=1S/C17H15ClN2O3/c1-11(13-4-7-15-16(10-13)23-9-8-22-15)19-20-17(21)12-2-5-14(18)6-3-12/h2-7,10H,8-9H2,1H3,(H,20,21). The lowest BCUT2D eigenvalue weighted by molar-refractivity contribution is 0.0955. The van der Waals surface area contributed by atoms with E-state index in [1.807, 2.05) is 25.1 Å². The molecule has 1 aliphatic rings. The number of carbonyl (C=O) groups excluding carboxylic acids is 1. The Bertz CT molecular complexity index is 757. The Balaban J connectivity index is 1.72. The predicted octanol–water partition coefficient (Wildman–Crippen LogP) is 3.27. The van der Waals surface area contributed by atoms with Crippen LogP contribution in [-0.2, 0) is 0 Å². The first kappa shape index (κ1) is 15.4. The summed E-state index contributed by atoms with van der Waals surface area (Å²) in [6.07, 6.45) is 0. The molecular weight excluding hydrogens is 316 g/mol. The Morgan fingerprint density at radius 3 is 2.43 bits per heavy atom. The van der Waals surface area contributed by atoms with Gasteiger partial charge in [-0.25, -0.2) is 5.43 Å². The molecule has 0 saturated heterocycles. The highest BCUT2D eigenvalue weighted by Crippen LogP contribution is 2.30. The highest BCUT2D eigenvalue weighted by atomic mass is 35.5. The molecule has 1 N–H and O–H groups in total. The first-order chi connectivity index (χ1) is 11.1. The van der Waals surface area contributed by atoms with Crippen LogP contribution in [0.15, 0.2) is 47.6 Å². The molecule has 0 radical (unpaired) electrons. The van der Waals surface area contributed by atoms with Crippen LogP contribution in [0.1, 0.15) is 22.8 Å². The van der Waals surface area contributed by atoms with E-state index in [2.05, 4.69) is 10.5 Å². The number of hydrazone groups is 1. The normalized spacial score (nSPS) is 13.6. The van der Waals surface area contributed by atoms with Crippen molar-refractivity contribution in [1.82, 2.24) is 5.43 Å². The average Bonchev–Trinajstić information content (AvgIpc) is 2.59. The number of ether oxygens (including phenoxy) is 2. The van der Waals surface area contributed by atoms with Crippen molar-refractivity contribution in [2.24, 2.45) is 5.10 Å². The Kier molecular flexibility index (Phi) is 4.48. The van der Waals surface area contributed by atoms with Crippen LogP contribution in [0.2, 0.25) is 5.02 Å². The SMILES string of the molecule is CC(=NNC(=O)c1ccc(Cl)cc1)c1ccc2c(c1)OCCO2. The Labute approximate surface area is 138 Å². The summed E-state index contributed by atoms with van der Waals surface area (Å²) in [7, 11) is 0. The van der Waals surface area contributed by atoms with Gasteiger partial charge >= 0.3 is 0 Å². The van der Waals surface area contributed by atoms with Crippen molar-refractivity contribution in [3.05, 3.63) is 58.6 Å². The van der Waals surface area contributed by atoms with Crippen LogP contribution in [0.3, 0.4) is 0 Å². The largest absolute Gasteiger partial charge is 0.486 e. The molecule has 0 fully saturated rings. The van der Waals surface area contributed by atoms with Crippen LogP contribution in [0.25, 0.3) is 0 Å². The monoisotopic (exact) mass is 330 g/mol. The third-order valence-corrected chi connectivity index (χ3v) is 3.64. The lowest BCUT2D eigenvalue weighted by Gasteiger charge is -2.18. The van der Waals surface area contributed by atoms with Crippen molar-refractivity contribution < 1.29 is 14.3 Å². The zero-order valence-corrected chi connectivity index (χ0v) is 13.3. The van der Waals surface area contributed by atoms with Crippen LogP contribution in [0, 0.1) is 0 Å². The zero-order chi connectivity index (χ0) is 16.2. The quantitative estimate of drug-likeness (QED) is 0.694. The maximum absolute atomic E-state index is 12.0. The molecular formula is C17H15ClN2O3. The lowest BCUT2D eigenvalue weighted by atomic mass is 10.1. The van der Waals surface area contributed by atoms with Gasteiger partial charge in [-0.1, -0.05) is 11.6 Å². The minimum absolute atomic E-state index is 0.293. The lowest BCUT2D eigenvalue weighted by Crippen LogP contribution is -2.19. The van der Waals surface area contributed by atoms with Crippen LogP contribution in [0.4, 0.5) is 0 Å². The fraction of sp³-hybridized carbons (Fsp3) is 0.176. The van der Waals surface area contributed by atoms with Gasteiger partial charge in [0.1, 0.15) is 13.2 Å². The van der Waals surface area contributed by atoms with E-state index >= 15 is 0 Å². The molecule has 1 aliphatic heterocycles. The van der Waals surface area contributed by atoms with Crippen LogP contribution >= 0.6 is 11.6 Å². The smallest absolute Gasteiger partial charge is 0.271 e. The van der Waals surface area contributed by atoms with Gasteiger partial charge < -0.3 is 9.47 Å². The number of hydrogen-bond acceptors (Lipinski definition) is 4. The summed E-state index contributed by atoms with van der Waals surface area (Å²) in [5.74, 6) is 1.11. The summed E-state index contributed by atoms with van der Waals surface area (Å²) in [5.41, 5.74) is 4.55. The molecule has 5 nitrogen and oxygen atoms in total. The molecule has 0 atom stereocenters. The summed E-state index contributed by atoms with van der Waals surface area (Å²) < 4.78 is 11.0. The zero-order valence-electron chi connectivity index (χ0n) is 12.5. The van der Waals surface area contributed by atoms with Gasteiger partial charge in [-0.2, -0.15) is 5.10 Å². The number of nitrogens with one attached hydrogen (secondary N) is 1. The van der Waals surface area contributed by atoms with Crippen LogP contribution < -0.4 is 14.9 Å². The number of benzene rings is 2. The second kappa shape index (κ2) is 6.71. The fourth-order valence-electron chi connectivity index (χ4n) is 2.13. The van der Waals surface area contributed by atoms with Gasteiger partial charge in [-0.05, 0) is 49.4 Å². The number of fused-ring (bicyclic) bond motifs is 1. The molecule has 0 aromatic heterocycles. The van der Waals surface area contributed by atoms with Gasteiger partial charge in [0.05, 0.1) is 5.71 Å². The Hall–Kier alpha value is -2.53. The first-order valence-electron chi connectivity index (χ1n) is 7.14. The summed E-state index contributed by atoms with van der Waals surface area (Å²) in [6.45, 7) is 2.89. The van der Waals surface area contributed by atoms with Crippen molar-refractivity contribution in [3.8, 4) is 11.5 Å². The van der Waals surface area contributed by atoms with Gasteiger partial charge in [0, 0.05) is 16.1 Å². The molecule has 1 amide bonds. The van der Waals surface area contributed by atoms with Crippen molar-refractivity contribution >= 4 is 23.2 Å². The molecule has 118 valence electrons. The molecule has 0 unspecified atom stereocenters. The molecule has 0 saturated carbocycles. The van der Waals surface area contributed by atoms with E-state index < -0.39 is 0 Å². The van der Waals surface area contributed by atoms with Crippen molar-refractivity contribution in [2.75, 3.05) is 13.2 Å². The maximum atomic E-state index is 12.0. The highest BCUT2D eigenvalue weighted by molar-refractivity contribution is 6.30. The van der Waals surface area contributed by atoms with Gasteiger partial charge in [-0.15, -0.1) is 0 Å². The third kappa shape index (κ3) is 3.63. The number of rotatable bonds is 3. The molecule has 0 spiro atoms. The number of nitrogens with zero attached hydrogens (tertiary/aromatic N) is 1. The summed E-state index contributed by atoms with van der Waals surface area (Å²) in [6, 6.07) is 12.2. The van der Waals surface area contributed by atoms with Gasteiger partial charge in [0.2, 0.25) is 0 Å². The van der Waals surface area contributed by atoms with E-state index in [1.165, 1.54) is 0 Å². The minimum Gasteiger partial charge on any atom is -0.486 e. The average molecular weight is 331 g/mol. The van der Waals surface area contributed by atoms with Crippen molar-refractivity contribution in [1.29, 1.82) is 0 Å². The van der Waals surface area contributed by atoms with E-state index in [1.54, 1.807) is 24.3 Å². The number of amides is 1. The first-order valence-corrected chi connectivity index (χ1v) is 7.51. The van der Waals surface area contributed by atoms with E-state index in [0.717, 1.165) is 11.3 Å². The molecule has 2 aromatic rings. The highest BCUT2D eigenvalue weighted by Gasteiger charge is 2.13. The van der Waals surface area contributed by atoms with Crippen molar-refractivity contribution in [3.63, 3.8) is 0 Å². The minimum atomic E-state index is -0.293. The van der Waals surface area contributed by atoms with E-state index in [9.17, 15) is 4.79 Å². The fourth-order valence-corrected chi connectivity index (χ4v) is 2.26. The second-order valence-electron chi connectivity index (χ2n) is 5.00. The Morgan fingerprint density at radius 1 is 1.04 bits per heavy atom. The number of carbonyl (C=O) groups is 1. The molecule has 3 rings (SSSR count). The predicted molar refractivity (Wildman–Crippen MR) is 88.6 cm³/mol. The molecule has 0 aliphatic carbocycles. The molecule has 6 heteroatoms. The van der Waals surface area contributed by atoms with Gasteiger partial charge in [0.25, 0.3) is 5.91 Å². The molecule has 23 heavy (non-hydrogen) atoms. The van der Waals surface area contributed by atoms with Crippen LogP contribution in [-0.4, -0.2) is 24.8 Å². The molecule has 0 bridgehead atoms. The van der Waals surface area contributed by atoms with E-state index in [-0.39, 0.29) is 5.91 Å². The molecule has 2 aromatic carbocycles. The summed E-state index contributed by atoms with van der Waals surface area (Å²) in [4.78, 5) is 12.0. The third-order valence-electron chi connectivity index (χ3n) is 3.39. The maximum Gasteiger partial charge on any atom is 0.271 e. The Morgan fingerprint density at radius 2 is 1.70 bits per heavy atom. The van der Waals surface area contributed by atoms with E-state index in [4.69, 9.17) is 21.1 Å². The second-order valence-corrected chi connectivity index (χ2v) is 5.44. The summed E-state index contributed by atoms with van der Waals surface area (Å²) in [5, 5.41) is 4.71. The van der Waals surface area contributed by atoms with Crippen LogP contribution in [0.5, 0.6) is 11.5 Å². The molecule has 1 heterocycles. The number of hydrogen-bond donors (Lipinski definition) is 1. The summed E-state index contributed by atoms with van der Waals surface area (Å²) >= 11 is 5.80. The topological polar surface area (TPSA) is 59.9 Å². The van der Waals surface area contributed by atoms with Gasteiger partial charge in [0.15, 0.2) is 11.5 Å². The van der Waals surface area contributed by atoms with Gasteiger partial charge in [-0.3, -0.25) is 4.79 Å². The van der Waals surface area contributed by atoms with E-state index in [0.29, 0.717) is 35.3 Å². The number of halogens is 1. The van der Waals surface area contributed by atoms with Crippen molar-refractivity contribution in [2.45, 2.75) is 6.92 Å².